The molecular weight excluding hydrogens is 236 g/mol. The van der Waals surface area contributed by atoms with Crippen LogP contribution in [0, 0.1) is 5.92 Å². The van der Waals surface area contributed by atoms with Crippen molar-refractivity contribution in [1.82, 2.24) is 15.1 Å². The summed E-state index contributed by atoms with van der Waals surface area (Å²) in [5.74, 6) is 1.57. The van der Waals surface area contributed by atoms with Gasteiger partial charge >= 0.3 is 0 Å². The van der Waals surface area contributed by atoms with Gasteiger partial charge in [0.25, 0.3) is 0 Å². The molecule has 0 aliphatic heterocycles. The van der Waals surface area contributed by atoms with Crippen molar-refractivity contribution in [3.05, 3.63) is 16.8 Å². The predicted molar refractivity (Wildman–Crippen MR) is 66.6 cm³/mol. The molecule has 0 saturated carbocycles. The van der Waals surface area contributed by atoms with Crippen LogP contribution in [0.4, 0.5) is 0 Å². The summed E-state index contributed by atoms with van der Waals surface area (Å²) in [6, 6.07) is -0.0151. The molecule has 0 aromatic carbocycles. The zero-order chi connectivity index (χ0) is 12.4. The first-order valence-electron chi connectivity index (χ1n) is 5.57. The summed E-state index contributed by atoms with van der Waals surface area (Å²) in [5, 5.41) is 5.84. The van der Waals surface area contributed by atoms with Gasteiger partial charge in [-0.1, -0.05) is 19.0 Å². The van der Waals surface area contributed by atoms with Crippen LogP contribution in [0.15, 0.2) is 15.4 Å². The Morgan fingerprint density at radius 3 is 2.65 bits per heavy atom. The molecule has 2 heterocycles. The van der Waals surface area contributed by atoms with Gasteiger partial charge in [0, 0.05) is 11.4 Å². The molecule has 0 bridgehead atoms. The maximum absolute atomic E-state index is 5.96. The largest absolute Gasteiger partial charge is 0.339 e. The third kappa shape index (κ3) is 2.53. The fourth-order valence-corrected chi connectivity index (χ4v) is 2.45. The molecule has 2 atom stereocenters. The maximum Gasteiger partial charge on any atom is 0.231 e. The third-order valence-electron chi connectivity index (χ3n) is 2.67. The fourth-order valence-electron chi connectivity index (χ4n) is 1.91. The van der Waals surface area contributed by atoms with E-state index in [-0.39, 0.29) is 12.0 Å². The summed E-state index contributed by atoms with van der Waals surface area (Å²) in [4.78, 5) is 8.53. The Balaban J connectivity index is 2.28. The van der Waals surface area contributed by atoms with Crippen molar-refractivity contribution in [3.8, 4) is 11.5 Å². The van der Waals surface area contributed by atoms with Crippen molar-refractivity contribution in [2.75, 3.05) is 0 Å². The van der Waals surface area contributed by atoms with Crippen LogP contribution < -0.4 is 5.73 Å². The fraction of sp³-hybridized carbons (Fsp3) is 0.545. The molecule has 0 fully saturated rings. The molecule has 2 aromatic heterocycles. The van der Waals surface area contributed by atoms with Gasteiger partial charge in [0.1, 0.15) is 5.69 Å². The average Bonchev–Trinajstić information content (AvgIpc) is 2.83. The van der Waals surface area contributed by atoms with Crippen molar-refractivity contribution < 1.29 is 4.52 Å². The number of nitrogens with zero attached hydrogens (tertiary/aromatic N) is 3. The first-order chi connectivity index (χ1) is 8.09. The predicted octanol–water partition coefficient (Wildman–Crippen LogP) is 2.28. The van der Waals surface area contributed by atoms with E-state index < -0.39 is 0 Å². The molecular formula is C11H16N4OS. The van der Waals surface area contributed by atoms with Crippen LogP contribution in [0.25, 0.3) is 11.5 Å². The molecule has 0 radical (unpaired) electrons. The molecule has 0 amide bonds. The molecule has 2 unspecified atom stereocenters. The smallest absolute Gasteiger partial charge is 0.231 e. The second kappa shape index (κ2) is 4.93. The van der Waals surface area contributed by atoms with Crippen LogP contribution in [0.2, 0.25) is 0 Å². The lowest BCUT2D eigenvalue weighted by molar-refractivity contribution is 0.300. The number of rotatable bonds is 4. The van der Waals surface area contributed by atoms with E-state index in [2.05, 4.69) is 29.0 Å². The van der Waals surface area contributed by atoms with Gasteiger partial charge < -0.3 is 10.3 Å². The summed E-state index contributed by atoms with van der Waals surface area (Å²) < 4.78 is 5.30. The van der Waals surface area contributed by atoms with E-state index >= 15 is 0 Å². The van der Waals surface area contributed by atoms with Crippen LogP contribution in [0.3, 0.4) is 0 Å². The van der Waals surface area contributed by atoms with Crippen molar-refractivity contribution in [3.63, 3.8) is 0 Å². The SMILES string of the molecule is CC(C)C(c1nc(-c2cscn2)no1)C(C)N. The van der Waals surface area contributed by atoms with Gasteiger partial charge in [0.15, 0.2) is 0 Å². The quantitative estimate of drug-likeness (QED) is 0.903. The van der Waals surface area contributed by atoms with Gasteiger partial charge in [-0.3, -0.25) is 0 Å². The second-order valence-corrected chi connectivity index (χ2v) is 5.18. The number of hydrogen-bond donors (Lipinski definition) is 1. The van der Waals surface area contributed by atoms with Gasteiger partial charge in [-0.15, -0.1) is 11.3 Å². The summed E-state index contributed by atoms with van der Waals surface area (Å²) in [6.07, 6.45) is 0. The minimum atomic E-state index is -0.0151. The Morgan fingerprint density at radius 1 is 1.35 bits per heavy atom. The van der Waals surface area contributed by atoms with Crippen molar-refractivity contribution in [1.29, 1.82) is 0 Å². The topological polar surface area (TPSA) is 77.8 Å². The highest BCUT2D eigenvalue weighted by molar-refractivity contribution is 7.07. The average molecular weight is 252 g/mol. The highest BCUT2D eigenvalue weighted by Crippen LogP contribution is 2.27. The standard InChI is InChI=1S/C11H16N4OS/c1-6(2)9(7(3)12)11-14-10(15-16-11)8-4-17-5-13-8/h4-7,9H,12H2,1-3H3. The Morgan fingerprint density at radius 2 is 2.12 bits per heavy atom. The molecule has 92 valence electrons. The Bertz CT molecular complexity index is 456. The first kappa shape index (κ1) is 12.2. The van der Waals surface area contributed by atoms with Gasteiger partial charge in [-0.2, -0.15) is 4.98 Å². The van der Waals surface area contributed by atoms with Gasteiger partial charge in [-0.25, -0.2) is 4.98 Å². The molecule has 2 rings (SSSR count). The maximum atomic E-state index is 5.96. The molecule has 2 N–H and O–H groups in total. The van der Waals surface area contributed by atoms with Crippen LogP contribution >= 0.6 is 11.3 Å². The summed E-state index contributed by atoms with van der Waals surface area (Å²) >= 11 is 1.51. The molecule has 0 spiro atoms. The van der Waals surface area contributed by atoms with Crippen molar-refractivity contribution >= 4 is 11.3 Å². The van der Waals surface area contributed by atoms with E-state index in [1.54, 1.807) is 5.51 Å². The molecule has 0 aliphatic rings. The van der Waals surface area contributed by atoms with Crippen LogP contribution in [0.1, 0.15) is 32.6 Å². The Labute approximate surface area is 104 Å². The van der Waals surface area contributed by atoms with E-state index in [9.17, 15) is 0 Å². The number of thiazole rings is 1. The van der Waals surface area contributed by atoms with Crippen LogP contribution in [-0.4, -0.2) is 21.2 Å². The summed E-state index contributed by atoms with van der Waals surface area (Å²) in [6.45, 7) is 6.15. The van der Waals surface area contributed by atoms with E-state index in [4.69, 9.17) is 10.3 Å². The summed E-state index contributed by atoms with van der Waals surface area (Å²) in [7, 11) is 0. The van der Waals surface area contributed by atoms with Crippen molar-refractivity contribution in [2.45, 2.75) is 32.7 Å². The zero-order valence-corrected chi connectivity index (χ0v) is 10.9. The monoisotopic (exact) mass is 252 g/mol. The van der Waals surface area contributed by atoms with Gasteiger partial charge in [0.2, 0.25) is 11.7 Å². The lowest BCUT2D eigenvalue weighted by atomic mass is 9.90. The van der Waals surface area contributed by atoms with Gasteiger partial charge in [-0.05, 0) is 12.8 Å². The number of nitrogens with two attached hydrogens (primary N) is 1. The minimum Gasteiger partial charge on any atom is -0.339 e. The highest BCUT2D eigenvalue weighted by atomic mass is 32.1. The molecule has 17 heavy (non-hydrogen) atoms. The normalized spacial score (nSPS) is 15.1. The lowest BCUT2D eigenvalue weighted by Crippen LogP contribution is -2.28. The van der Waals surface area contributed by atoms with E-state index in [1.807, 2.05) is 12.3 Å². The highest BCUT2D eigenvalue weighted by Gasteiger charge is 2.26. The van der Waals surface area contributed by atoms with Crippen LogP contribution in [0.5, 0.6) is 0 Å². The zero-order valence-electron chi connectivity index (χ0n) is 10.1. The number of hydrogen-bond acceptors (Lipinski definition) is 6. The Kier molecular flexibility index (Phi) is 3.54. The first-order valence-corrected chi connectivity index (χ1v) is 6.51. The number of aromatic nitrogens is 3. The molecule has 0 saturated heterocycles. The third-order valence-corrected chi connectivity index (χ3v) is 3.26. The van der Waals surface area contributed by atoms with E-state index in [1.165, 1.54) is 11.3 Å². The second-order valence-electron chi connectivity index (χ2n) is 4.46. The lowest BCUT2D eigenvalue weighted by Gasteiger charge is -2.20. The molecule has 6 heteroatoms. The molecule has 5 nitrogen and oxygen atoms in total. The van der Waals surface area contributed by atoms with Crippen molar-refractivity contribution in [2.24, 2.45) is 11.7 Å². The minimum absolute atomic E-state index is 0.0151. The Hall–Kier alpha value is -1.27. The molecule has 2 aromatic rings. The van der Waals surface area contributed by atoms with Gasteiger partial charge in [0.05, 0.1) is 11.4 Å². The van der Waals surface area contributed by atoms with E-state index in [0.29, 0.717) is 17.6 Å². The summed E-state index contributed by atoms with van der Waals surface area (Å²) in [5.41, 5.74) is 8.45. The van der Waals surface area contributed by atoms with E-state index in [0.717, 1.165) is 5.69 Å². The molecule has 0 aliphatic carbocycles. The van der Waals surface area contributed by atoms with Crippen LogP contribution in [-0.2, 0) is 0 Å².